The molecule has 1 aromatic rings. The Hall–Kier alpha value is -1.40. The molecule has 0 radical (unpaired) electrons. The van der Waals surface area contributed by atoms with Gasteiger partial charge in [0.25, 0.3) is 10.1 Å². The summed E-state index contributed by atoms with van der Waals surface area (Å²) >= 11 is 0. The van der Waals surface area contributed by atoms with Crippen molar-refractivity contribution in [3.8, 4) is 5.75 Å². The third-order valence-electron chi connectivity index (χ3n) is 3.17. The molecule has 5 nitrogen and oxygen atoms in total. The second-order valence-electron chi connectivity index (χ2n) is 5.85. The largest absolute Gasteiger partial charge is 0.426 e. The van der Waals surface area contributed by atoms with Crippen molar-refractivity contribution in [1.82, 2.24) is 0 Å². The first-order chi connectivity index (χ1) is 9.61. The topological polar surface area (TPSA) is 80.7 Å². The summed E-state index contributed by atoms with van der Waals surface area (Å²) in [6.07, 6.45) is 0.736. The molecular weight excluding hydrogens is 292 g/mol. The van der Waals surface area contributed by atoms with Crippen molar-refractivity contribution < 1.29 is 22.5 Å². The molecule has 1 rings (SSSR count). The summed E-state index contributed by atoms with van der Waals surface area (Å²) in [4.78, 5) is 11.9. The molecular formula is C15H22O5S. The van der Waals surface area contributed by atoms with Gasteiger partial charge in [-0.15, -0.1) is 0 Å². The van der Waals surface area contributed by atoms with Gasteiger partial charge in [-0.25, -0.2) is 0 Å². The zero-order valence-corrected chi connectivity index (χ0v) is 13.6. The van der Waals surface area contributed by atoms with Gasteiger partial charge in [-0.05, 0) is 42.5 Å². The smallest absolute Gasteiger partial charge is 0.314 e. The summed E-state index contributed by atoms with van der Waals surface area (Å²) in [5.41, 5.74) is 0. The fourth-order valence-corrected chi connectivity index (χ4v) is 2.50. The fourth-order valence-electron chi connectivity index (χ4n) is 2.02. The minimum Gasteiger partial charge on any atom is -0.426 e. The SMILES string of the molecule is CC(C)CC(C(=O)Oc1ccc(S(=O)(=O)O)cc1)C(C)C. The molecule has 0 aliphatic carbocycles. The number of rotatable bonds is 6. The molecule has 0 amide bonds. The molecule has 0 aromatic heterocycles. The molecule has 118 valence electrons. The monoisotopic (exact) mass is 314 g/mol. The minimum atomic E-state index is -4.23. The molecule has 21 heavy (non-hydrogen) atoms. The van der Waals surface area contributed by atoms with E-state index in [-0.39, 0.29) is 28.5 Å². The zero-order chi connectivity index (χ0) is 16.2. The second kappa shape index (κ2) is 7.04. The van der Waals surface area contributed by atoms with Crippen molar-refractivity contribution in [2.45, 2.75) is 39.0 Å². The number of hydrogen-bond donors (Lipinski definition) is 1. The van der Waals surface area contributed by atoms with Gasteiger partial charge in [0.1, 0.15) is 5.75 Å². The van der Waals surface area contributed by atoms with Crippen LogP contribution in [-0.2, 0) is 14.9 Å². The Morgan fingerprint density at radius 3 is 2.05 bits per heavy atom. The number of carbonyl (C=O) groups excluding carboxylic acids is 1. The van der Waals surface area contributed by atoms with E-state index in [4.69, 9.17) is 9.29 Å². The van der Waals surface area contributed by atoms with Crippen molar-refractivity contribution in [2.24, 2.45) is 17.8 Å². The third-order valence-corrected chi connectivity index (χ3v) is 4.04. The summed E-state index contributed by atoms with van der Waals surface area (Å²) in [7, 11) is -4.23. The van der Waals surface area contributed by atoms with Crippen molar-refractivity contribution in [3.05, 3.63) is 24.3 Å². The highest BCUT2D eigenvalue weighted by Crippen LogP contribution is 2.24. The first kappa shape index (κ1) is 17.7. The summed E-state index contributed by atoms with van der Waals surface area (Å²) in [5, 5.41) is 0. The van der Waals surface area contributed by atoms with Gasteiger partial charge in [-0.2, -0.15) is 8.42 Å². The Kier molecular flexibility index (Phi) is 5.92. The molecule has 0 saturated heterocycles. The van der Waals surface area contributed by atoms with Crippen molar-refractivity contribution in [2.75, 3.05) is 0 Å². The van der Waals surface area contributed by atoms with Crippen LogP contribution in [0.15, 0.2) is 29.2 Å². The lowest BCUT2D eigenvalue weighted by Crippen LogP contribution is -2.26. The van der Waals surface area contributed by atoms with Crippen LogP contribution in [-0.4, -0.2) is 18.9 Å². The quantitative estimate of drug-likeness (QED) is 0.495. The molecule has 0 aliphatic rings. The minimum absolute atomic E-state index is 0.164. The predicted molar refractivity (Wildman–Crippen MR) is 79.7 cm³/mol. The van der Waals surface area contributed by atoms with Crippen LogP contribution in [0.4, 0.5) is 0 Å². The van der Waals surface area contributed by atoms with Gasteiger partial charge < -0.3 is 4.74 Å². The highest BCUT2D eigenvalue weighted by Gasteiger charge is 2.25. The number of carbonyl (C=O) groups is 1. The summed E-state index contributed by atoms with van der Waals surface area (Å²) in [6, 6.07) is 5.11. The normalized spacial score (nSPS) is 13.5. The van der Waals surface area contributed by atoms with Gasteiger partial charge in [0, 0.05) is 0 Å². The average Bonchev–Trinajstić information content (AvgIpc) is 2.34. The Labute approximate surface area is 126 Å². The van der Waals surface area contributed by atoms with E-state index in [1.165, 1.54) is 24.3 Å². The van der Waals surface area contributed by atoms with E-state index in [1.54, 1.807) is 0 Å². The molecule has 0 fully saturated rings. The molecule has 0 aliphatic heterocycles. The highest BCUT2D eigenvalue weighted by molar-refractivity contribution is 7.85. The van der Waals surface area contributed by atoms with E-state index >= 15 is 0 Å². The molecule has 0 saturated carbocycles. The molecule has 6 heteroatoms. The molecule has 0 bridgehead atoms. The molecule has 1 aromatic carbocycles. The Bertz CT molecular complexity index is 573. The second-order valence-corrected chi connectivity index (χ2v) is 7.27. The summed E-state index contributed by atoms with van der Waals surface area (Å²) < 4.78 is 36.0. The van der Waals surface area contributed by atoms with E-state index in [1.807, 2.05) is 27.7 Å². The Balaban J connectivity index is 2.82. The molecule has 1 unspecified atom stereocenters. The Morgan fingerprint density at radius 1 is 1.14 bits per heavy atom. The molecule has 1 atom stereocenters. The fraction of sp³-hybridized carbons (Fsp3) is 0.533. The molecule has 0 spiro atoms. The standard InChI is InChI=1S/C15H22O5S/c1-10(2)9-14(11(3)4)15(16)20-12-5-7-13(8-6-12)21(17,18)19/h5-8,10-11,14H,9H2,1-4H3,(H,17,18,19). The molecule has 1 N–H and O–H groups in total. The average molecular weight is 314 g/mol. The summed E-state index contributed by atoms with van der Waals surface area (Å²) in [6.45, 7) is 8.03. The maximum absolute atomic E-state index is 12.2. The van der Waals surface area contributed by atoms with Crippen molar-refractivity contribution in [1.29, 1.82) is 0 Å². The highest BCUT2D eigenvalue weighted by atomic mass is 32.2. The van der Waals surface area contributed by atoms with Crippen LogP contribution in [0.5, 0.6) is 5.75 Å². The first-order valence-corrected chi connectivity index (χ1v) is 8.34. The van der Waals surface area contributed by atoms with Crippen molar-refractivity contribution in [3.63, 3.8) is 0 Å². The maximum Gasteiger partial charge on any atom is 0.314 e. The van der Waals surface area contributed by atoms with Gasteiger partial charge in [0.15, 0.2) is 0 Å². The molecule has 0 heterocycles. The number of ether oxygens (including phenoxy) is 1. The lowest BCUT2D eigenvalue weighted by molar-refractivity contribution is -0.141. The van der Waals surface area contributed by atoms with E-state index in [9.17, 15) is 13.2 Å². The van der Waals surface area contributed by atoms with Gasteiger partial charge in [0.2, 0.25) is 0 Å². The van der Waals surface area contributed by atoms with Crippen LogP contribution in [0.3, 0.4) is 0 Å². The van der Waals surface area contributed by atoms with Crippen LogP contribution in [0, 0.1) is 17.8 Å². The van der Waals surface area contributed by atoms with Crippen LogP contribution in [0.25, 0.3) is 0 Å². The first-order valence-electron chi connectivity index (χ1n) is 6.90. The predicted octanol–water partition coefficient (Wildman–Crippen LogP) is 3.16. The van der Waals surface area contributed by atoms with E-state index < -0.39 is 10.1 Å². The lowest BCUT2D eigenvalue weighted by atomic mass is 9.88. The van der Waals surface area contributed by atoms with Crippen LogP contribution >= 0.6 is 0 Å². The van der Waals surface area contributed by atoms with E-state index in [0.717, 1.165) is 6.42 Å². The van der Waals surface area contributed by atoms with E-state index in [0.29, 0.717) is 5.92 Å². The number of benzene rings is 1. The number of esters is 1. The van der Waals surface area contributed by atoms with Crippen molar-refractivity contribution >= 4 is 16.1 Å². The van der Waals surface area contributed by atoms with Crippen LogP contribution in [0.1, 0.15) is 34.1 Å². The Morgan fingerprint density at radius 2 is 1.67 bits per heavy atom. The number of hydrogen-bond acceptors (Lipinski definition) is 4. The third kappa shape index (κ3) is 5.47. The van der Waals surface area contributed by atoms with Gasteiger partial charge in [0.05, 0.1) is 10.8 Å². The lowest BCUT2D eigenvalue weighted by Gasteiger charge is -2.21. The van der Waals surface area contributed by atoms with Gasteiger partial charge in [-0.3, -0.25) is 9.35 Å². The zero-order valence-electron chi connectivity index (χ0n) is 12.7. The maximum atomic E-state index is 12.2. The van der Waals surface area contributed by atoms with Gasteiger partial charge >= 0.3 is 5.97 Å². The summed E-state index contributed by atoms with van der Waals surface area (Å²) in [5.74, 6) is 0.287. The van der Waals surface area contributed by atoms with Crippen LogP contribution < -0.4 is 4.74 Å². The van der Waals surface area contributed by atoms with E-state index in [2.05, 4.69) is 0 Å². The van der Waals surface area contributed by atoms with Gasteiger partial charge in [-0.1, -0.05) is 27.7 Å². The van der Waals surface area contributed by atoms with Crippen LogP contribution in [0.2, 0.25) is 0 Å².